The fourth-order valence-corrected chi connectivity index (χ4v) is 1.75. The third-order valence-electron chi connectivity index (χ3n) is 1.63. The standard InChI is InChI=1S/C9H6BrClN2O.CH4/c1-5-3-13-9(14-5)8-7(11)2-6(10)4-12-8;/h2-4H,1H3;1H4. The molecular weight excluding hydrogens is 279 g/mol. The molecule has 0 fully saturated rings. The second kappa shape index (κ2) is 4.77. The van der Waals surface area contributed by atoms with Gasteiger partial charge in [-0.1, -0.05) is 19.0 Å². The normalized spacial score (nSPS) is 9.80. The van der Waals surface area contributed by atoms with Crippen molar-refractivity contribution >= 4 is 27.5 Å². The topological polar surface area (TPSA) is 38.9 Å². The third kappa shape index (κ3) is 2.58. The van der Waals surface area contributed by atoms with E-state index in [0.717, 1.165) is 10.2 Å². The smallest absolute Gasteiger partial charge is 0.246 e. The molecule has 0 saturated heterocycles. The summed E-state index contributed by atoms with van der Waals surface area (Å²) in [4.78, 5) is 8.17. The Labute approximate surface area is 102 Å². The molecule has 0 saturated carbocycles. The highest BCUT2D eigenvalue weighted by atomic mass is 79.9. The van der Waals surface area contributed by atoms with Gasteiger partial charge >= 0.3 is 0 Å². The van der Waals surface area contributed by atoms with Gasteiger partial charge in [0.1, 0.15) is 11.5 Å². The zero-order chi connectivity index (χ0) is 10.1. The van der Waals surface area contributed by atoms with Crippen molar-refractivity contribution < 1.29 is 4.42 Å². The Morgan fingerprint density at radius 1 is 1.33 bits per heavy atom. The molecule has 0 amide bonds. The first kappa shape index (κ1) is 12.2. The van der Waals surface area contributed by atoms with E-state index in [2.05, 4.69) is 25.9 Å². The summed E-state index contributed by atoms with van der Waals surface area (Å²) in [6.45, 7) is 1.82. The lowest BCUT2D eigenvalue weighted by molar-refractivity contribution is 0.540. The molecule has 0 bridgehead atoms. The average molecular weight is 290 g/mol. The van der Waals surface area contributed by atoms with Gasteiger partial charge in [0, 0.05) is 10.7 Å². The fourth-order valence-electron chi connectivity index (χ4n) is 1.04. The van der Waals surface area contributed by atoms with Crippen molar-refractivity contribution in [3.05, 3.63) is 33.7 Å². The Morgan fingerprint density at radius 3 is 2.60 bits per heavy atom. The van der Waals surface area contributed by atoms with Gasteiger partial charge in [-0.25, -0.2) is 9.97 Å². The van der Waals surface area contributed by atoms with Crippen LogP contribution in [0, 0.1) is 6.92 Å². The lowest BCUT2D eigenvalue weighted by atomic mass is 10.3. The summed E-state index contributed by atoms with van der Waals surface area (Å²) in [5.41, 5.74) is 0.558. The van der Waals surface area contributed by atoms with Gasteiger partial charge in [-0.05, 0) is 28.9 Å². The molecule has 0 atom stereocenters. The first-order chi connectivity index (χ1) is 6.66. The molecule has 0 aliphatic heterocycles. The first-order valence-corrected chi connectivity index (χ1v) is 5.08. The number of oxazole rings is 1. The maximum absolute atomic E-state index is 5.98. The summed E-state index contributed by atoms with van der Waals surface area (Å²) in [5, 5.41) is 0.515. The van der Waals surface area contributed by atoms with E-state index < -0.39 is 0 Å². The second-order valence-electron chi connectivity index (χ2n) is 2.76. The zero-order valence-corrected chi connectivity index (χ0v) is 9.63. The van der Waals surface area contributed by atoms with Gasteiger partial charge in [0.15, 0.2) is 0 Å². The number of nitrogens with zero attached hydrogens (tertiary/aromatic N) is 2. The van der Waals surface area contributed by atoms with Gasteiger partial charge in [0.2, 0.25) is 5.89 Å². The van der Waals surface area contributed by atoms with Crippen LogP contribution in [-0.2, 0) is 0 Å². The van der Waals surface area contributed by atoms with E-state index >= 15 is 0 Å². The Kier molecular flexibility index (Phi) is 3.88. The van der Waals surface area contributed by atoms with E-state index in [0.29, 0.717) is 16.6 Å². The summed E-state index contributed by atoms with van der Waals surface area (Å²) in [5.74, 6) is 1.18. The highest BCUT2D eigenvalue weighted by Gasteiger charge is 2.10. The molecule has 0 unspecified atom stereocenters. The number of aryl methyl sites for hydroxylation is 1. The van der Waals surface area contributed by atoms with Crippen LogP contribution in [0.2, 0.25) is 5.02 Å². The molecule has 0 radical (unpaired) electrons. The van der Waals surface area contributed by atoms with Crippen LogP contribution in [0.15, 0.2) is 27.3 Å². The number of hydrogen-bond acceptors (Lipinski definition) is 3. The second-order valence-corrected chi connectivity index (χ2v) is 4.08. The van der Waals surface area contributed by atoms with E-state index in [4.69, 9.17) is 16.0 Å². The predicted octanol–water partition coefficient (Wildman–Crippen LogP) is 4.10. The van der Waals surface area contributed by atoms with Gasteiger partial charge in [-0.15, -0.1) is 0 Å². The van der Waals surface area contributed by atoms with Crippen LogP contribution < -0.4 is 0 Å². The van der Waals surface area contributed by atoms with Crippen LogP contribution in [-0.4, -0.2) is 9.97 Å². The molecule has 0 N–H and O–H groups in total. The molecule has 5 heteroatoms. The van der Waals surface area contributed by atoms with Crippen LogP contribution in [0.1, 0.15) is 13.2 Å². The minimum atomic E-state index is 0. The van der Waals surface area contributed by atoms with Gasteiger partial charge in [-0.2, -0.15) is 0 Å². The van der Waals surface area contributed by atoms with Crippen molar-refractivity contribution in [2.75, 3.05) is 0 Å². The molecule has 0 aromatic carbocycles. The van der Waals surface area contributed by atoms with Crippen LogP contribution >= 0.6 is 27.5 Å². The predicted molar refractivity (Wildman–Crippen MR) is 63.9 cm³/mol. The van der Waals surface area contributed by atoms with Gasteiger partial charge in [0.05, 0.1) is 11.2 Å². The Morgan fingerprint density at radius 2 is 2.07 bits per heavy atom. The van der Waals surface area contributed by atoms with E-state index in [-0.39, 0.29) is 7.43 Å². The zero-order valence-electron chi connectivity index (χ0n) is 7.29. The van der Waals surface area contributed by atoms with E-state index in [1.54, 1.807) is 18.5 Å². The van der Waals surface area contributed by atoms with Crippen molar-refractivity contribution in [2.24, 2.45) is 0 Å². The van der Waals surface area contributed by atoms with Crippen molar-refractivity contribution in [3.8, 4) is 11.6 Å². The first-order valence-electron chi connectivity index (χ1n) is 3.90. The van der Waals surface area contributed by atoms with Crippen LogP contribution in [0.3, 0.4) is 0 Å². The monoisotopic (exact) mass is 288 g/mol. The molecule has 2 heterocycles. The van der Waals surface area contributed by atoms with Gasteiger partial charge in [0.25, 0.3) is 0 Å². The highest BCUT2D eigenvalue weighted by Crippen LogP contribution is 2.27. The molecule has 0 spiro atoms. The summed E-state index contributed by atoms with van der Waals surface area (Å²) in [6, 6.07) is 1.75. The Balaban J connectivity index is 0.00000112. The van der Waals surface area contributed by atoms with Crippen molar-refractivity contribution in [3.63, 3.8) is 0 Å². The van der Waals surface area contributed by atoms with Crippen LogP contribution in [0.5, 0.6) is 0 Å². The fraction of sp³-hybridized carbons (Fsp3) is 0.200. The number of hydrogen-bond donors (Lipinski definition) is 0. The van der Waals surface area contributed by atoms with Gasteiger partial charge < -0.3 is 4.42 Å². The molecule has 0 aliphatic carbocycles. The largest absolute Gasteiger partial charge is 0.440 e. The average Bonchev–Trinajstić information content (AvgIpc) is 2.51. The maximum atomic E-state index is 5.98. The molecule has 3 nitrogen and oxygen atoms in total. The lowest BCUT2D eigenvalue weighted by Gasteiger charge is -1.98. The number of aromatic nitrogens is 2. The SMILES string of the molecule is C.Cc1cnc(-c2ncc(Br)cc2Cl)o1. The van der Waals surface area contributed by atoms with Crippen molar-refractivity contribution in [1.82, 2.24) is 9.97 Å². The van der Waals surface area contributed by atoms with Crippen LogP contribution in [0.25, 0.3) is 11.6 Å². The summed E-state index contributed by atoms with van der Waals surface area (Å²) >= 11 is 9.26. The quantitative estimate of drug-likeness (QED) is 0.793. The molecular formula is C10H10BrClN2O. The van der Waals surface area contributed by atoms with Crippen molar-refractivity contribution in [1.29, 1.82) is 0 Å². The minimum absolute atomic E-state index is 0. The maximum Gasteiger partial charge on any atom is 0.246 e. The highest BCUT2D eigenvalue weighted by molar-refractivity contribution is 9.10. The number of pyridine rings is 1. The molecule has 2 aromatic rings. The molecule has 0 aliphatic rings. The van der Waals surface area contributed by atoms with E-state index in [1.165, 1.54) is 0 Å². The molecule has 15 heavy (non-hydrogen) atoms. The van der Waals surface area contributed by atoms with E-state index in [1.807, 2.05) is 6.92 Å². The third-order valence-corrected chi connectivity index (χ3v) is 2.35. The lowest BCUT2D eigenvalue weighted by Crippen LogP contribution is -1.84. The van der Waals surface area contributed by atoms with Gasteiger partial charge in [-0.3, -0.25) is 0 Å². The summed E-state index contributed by atoms with van der Waals surface area (Å²) in [7, 11) is 0. The van der Waals surface area contributed by atoms with Crippen molar-refractivity contribution in [2.45, 2.75) is 14.4 Å². The summed E-state index contributed by atoms with van der Waals surface area (Å²) < 4.78 is 6.15. The Hall–Kier alpha value is -0.870. The Bertz CT molecular complexity index is 470. The van der Waals surface area contributed by atoms with E-state index in [9.17, 15) is 0 Å². The summed E-state index contributed by atoms with van der Waals surface area (Å²) in [6.07, 6.45) is 3.29. The molecule has 2 aromatic heterocycles. The molecule has 2 rings (SSSR count). The molecule has 80 valence electrons. The minimum Gasteiger partial charge on any atom is -0.440 e. The number of halogens is 2. The number of rotatable bonds is 1. The van der Waals surface area contributed by atoms with Crippen LogP contribution in [0.4, 0.5) is 0 Å².